The molecule has 0 amide bonds. The van der Waals surface area contributed by atoms with E-state index in [1.165, 1.54) is 6.26 Å². The SMILES string of the molecule is CS(=O)(=O)c1cccnc1NC1(CN)CCCC1. The Kier molecular flexibility index (Phi) is 3.59. The molecule has 1 aromatic rings. The fourth-order valence-electron chi connectivity index (χ4n) is 2.47. The molecule has 0 unspecified atom stereocenters. The van der Waals surface area contributed by atoms with E-state index in [4.69, 9.17) is 5.73 Å². The van der Waals surface area contributed by atoms with Crippen molar-refractivity contribution in [2.45, 2.75) is 36.1 Å². The smallest absolute Gasteiger partial charge is 0.179 e. The molecule has 5 nitrogen and oxygen atoms in total. The van der Waals surface area contributed by atoms with Gasteiger partial charge in [0.15, 0.2) is 9.84 Å². The van der Waals surface area contributed by atoms with Crippen molar-refractivity contribution < 1.29 is 8.42 Å². The first-order chi connectivity index (χ1) is 8.47. The van der Waals surface area contributed by atoms with E-state index >= 15 is 0 Å². The normalized spacial score (nSPS) is 18.8. The highest BCUT2D eigenvalue weighted by Crippen LogP contribution is 2.33. The van der Waals surface area contributed by atoms with Crippen LogP contribution in [0.25, 0.3) is 0 Å². The molecule has 0 saturated heterocycles. The maximum absolute atomic E-state index is 11.7. The van der Waals surface area contributed by atoms with E-state index in [0.717, 1.165) is 25.7 Å². The number of nitrogens with zero attached hydrogens (tertiary/aromatic N) is 1. The highest BCUT2D eigenvalue weighted by atomic mass is 32.2. The molecule has 3 N–H and O–H groups in total. The number of sulfone groups is 1. The van der Waals surface area contributed by atoms with Gasteiger partial charge in [-0.3, -0.25) is 0 Å². The number of pyridine rings is 1. The van der Waals surface area contributed by atoms with E-state index < -0.39 is 9.84 Å². The molecule has 2 rings (SSSR count). The topological polar surface area (TPSA) is 85.1 Å². The molecular weight excluding hydrogens is 250 g/mol. The van der Waals surface area contributed by atoms with E-state index in [0.29, 0.717) is 12.4 Å². The third-order valence-corrected chi connectivity index (χ3v) is 4.63. The first kappa shape index (κ1) is 13.3. The summed E-state index contributed by atoms with van der Waals surface area (Å²) in [5.41, 5.74) is 5.64. The van der Waals surface area contributed by atoms with Crippen LogP contribution in [0.3, 0.4) is 0 Å². The second-order valence-electron chi connectivity index (χ2n) is 4.94. The summed E-state index contributed by atoms with van der Waals surface area (Å²) in [6, 6.07) is 3.20. The van der Waals surface area contributed by atoms with Crippen molar-refractivity contribution in [3.63, 3.8) is 0 Å². The number of hydrogen-bond acceptors (Lipinski definition) is 5. The summed E-state index contributed by atoms with van der Waals surface area (Å²) in [4.78, 5) is 4.40. The standard InChI is InChI=1S/C12H19N3O2S/c1-18(16,17)10-5-4-8-14-11(10)15-12(9-13)6-2-3-7-12/h4-5,8H,2-3,6-7,9,13H2,1H3,(H,14,15). The Hall–Kier alpha value is -1.14. The molecule has 1 heterocycles. The molecule has 1 saturated carbocycles. The van der Waals surface area contributed by atoms with Gasteiger partial charge in [0, 0.05) is 19.0 Å². The van der Waals surface area contributed by atoms with Gasteiger partial charge >= 0.3 is 0 Å². The third-order valence-electron chi connectivity index (χ3n) is 3.51. The molecule has 1 aliphatic rings. The van der Waals surface area contributed by atoms with E-state index in [9.17, 15) is 8.42 Å². The quantitative estimate of drug-likeness (QED) is 0.857. The molecule has 1 aromatic heterocycles. The lowest BCUT2D eigenvalue weighted by Gasteiger charge is -2.30. The minimum Gasteiger partial charge on any atom is -0.362 e. The maximum atomic E-state index is 11.7. The van der Waals surface area contributed by atoms with Crippen molar-refractivity contribution in [2.24, 2.45) is 5.73 Å². The zero-order valence-corrected chi connectivity index (χ0v) is 11.3. The second kappa shape index (κ2) is 4.85. The van der Waals surface area contributed by atoms with Gasteiger partial charge in [-0.05, 0) is 25.0 Å². The fraction of sp³-hybridized carbons (Fsp3) is 0.583. The summed E-state index contributed by atoms with van der Waals surface area (Å²) in [5.74, 6) is 0.423. The minimum absolute atomic E-state index is 0.201. The van der Waals surface area contributed by atoms with Crippen LogP contribution in [0.4, 0.5) is 5.82 Å². The summed E-state index contributed by atoms with van der Waals surface area (Å²) < 4.78 is 23.4. The van der Waals surface area contributed by atoms with Crippen molar-refractivity contribution in [1.29, 1.82) is 0 Å². The number of hydrogen-bond donors (Lipinski definition) is 2. The summed E-state index contributed by atoms with van der Waals surface area (Å²) in [7, 11) is -3.28. The van der Waals surface area contributed by atoms with Crippen LogP contribution in [-0.2, 0) is 9.84 Å². The Balaban J connectivity index is 2.35. The summed E-state index contributed by atoms with van der Waals surface area (Å²) in [6.45, 7) is 0.493. The van der Waals surface area contributed by atoms with E-state index in [1.807, 2.05) is 0 Å². The molecule has 0 atom stereocenters. The van der Waals surface area contributed by atoms with Crippen molar-refractivity contribution in [1.82, 2.24) is 4.98 Å². The fourth-order valence-corrected chi connectivity index (χ4v) is 3.25. The highest BCUT2D eigenvalue weighted by molar-refractivity contribution is 7.90. The van der Waals surface area contributed by atoms with Gasteiger partial charge in [0.2, 0.25) is 0 Å². The Morgan fingerprint density at radius 1 is 1.44 bits per heavy atom. The number of aromatic nitrogens is 1. The van der Waals surface area contributed by atoms with E-state index in [-0.39, 0.29) is 10.4 Å². The van der Waals surface area contributed by atoms with Crippen LogP contribution in [0.5, 0.6) is 0 Å². The third kappa shape index (κ3) is 2.64. The number of rotatable bonds is 4. The lowest BCUT2D eigenvalue weighted by molar-refractivity contribution is 0.489. The molecule has 18 heavy (non-hydrogen) atoms. The van der Waals surface area contributed by atoms with Gasteiger partial charge in [-0.25, -0.2) is 13.4 Å². The first-order valence-electron chi connectivity index (χ1n) is 6.10. The van der Waals surface area contributed by atoms with Crippen LogP contribution < -0.4 is 11.1 Å². The first-order valence-corrected chi connectivity index (χ1v) is 7.99. The van der Waals surface area contributed by atoms with Gasteiger partial charge in [0.05, 0.1) is 5.54 Å². The molecule has 0 bridgehead atoms. The van der Waals surface area contributed by atoms with Crippen molar-refractivity contribution in [3.05, 3.63) is 18.3 Å². The molecule has 0 spiro atoms. The molecule has 100 valence electrons. The molecule has 1 fully saturated rings. The lowest BCUT2D eigenvalue weighted by atomic mass is 9.98. The van der Waals surface area contributed by atoms with Crippen LogP contribution in [0.2, 0.25) is 0 Å². The van der Waals surface area contributed by atoms with Gasteiger partial charge in [-0.1, -0.05) is 12.8 Å². The van der Waals surface area contributed by atoms with Gasteiger partial charge in [-0.15, -0.1) is 0 Å². The number of anilines is 1. The lowest BCUT2D eigenvalue weighted by Crippen LogP contribution is -2.43. The predicted molar refractivity (Wildman–Crippen MR) is 71.2 cm³/mol. The minimum atomic E-state index is -3.28. The van der Waals surface area contributed by atoms with Crippen LogP contribution in [0, 0.1) is 0 Å². The maximum Gasteiger partial charge on any atom is 0.179 e. The number of nitrogens with one attached hydrogen (secondary N) is 1. The largest absolute Gasteiger partial charge is 0.362 e. The predicted octanol–water partition coefficient (Wildman–Crippen LogP) is 1.17. The van der Waals surface area contributed by atoms with Crippen molar-refractivity contribution in [2.75, 3.05) is 18.1 Å². The molecule has 6 heteroatoms. The Morgan fingerprint density at radius 2 is 2.11 bits per heavy atom. The zero-order valence-electron chi connectivity index (χ0n) is 10.5. The monoisotopic (exact) mass is 269 g/mol. The van der Waals surface area contributed by atoms with Crippen molar-refractivity contribution in [3.8, 4) is 0 Å². The average molecular weight is 269 g/mol. The van der Waals surface area contributed by atoms with Gasteiger partial charge < -0.3 is 11.1 Å². The summed E-state index contributed by atoms with van der Waals surface area (Å²) in [5, 5.41) is 3.26. The average Bonchev–Trinajstić information content (AvgIpc) is 2.78. The van der Waals surface area contributed by atoms with Crippen molar-refractivity contribution >= 4 is 15.7 Å². The highest BCUT2D eigenvalue weighted by Gasteiger charge is 2.33. The molecule has 0 aliphatic heterocycles. The van der Waals surface area contributed by atoms with Crippen LogP contribution >= 0.6 is 0 Å². The molecule has 0 radical (unpaired) electrons. The van der Waals surface area contributed by atoms with Crippen LogP contribution in [0.15, 0.2) is 23.2 Å². The van der Waals surface area contributed by atoms with Gasteiger partial charge in [-0.2, -0.15) is 0 Å². The van der Waals surface area contributed by atoms with Crippen LogP contribution in [-0.4, -0.2) is 31.7 Å². The molecule has 1 aliphatic carbocycles. The van der Waals surface area contributed by atoms with E-state index in [1.54, 1.807) is 18.3 Å². The van der Waals surface area contributed by atoms with Gasteiger partial charge in [0.25, 0.3) is 0 Å². The van der Waals surface area contributed by atoms with E-state index in [2.05, 4.69) is 10.3 Å². The zero-order chi connectivity index (χ0) is 13.2. The Bertz CT molecular complexity index is 522. The Labute approximate surface area is 108 Å². The summed E-state index contributed by atoms with van der Waals surface area (Å²) in [6.07, 6.45) is 6.94. The number of nitrogens with two attached hydrogens (primary N) is 1. The molecule has 0 aromatic carbocycles. The summed E-state index contributed by atoms with van der Waals surface area (Å²) >= 11 is 0. The Morgan fingerprint density at radius 3 is 2.67 bits per heavy atom. The second-order valence-corrected chi connectivity index (χ2v) is 6.92. The van der Waals surface area contributed by atoms with Crippen LogP contribution in [0.1, 0.15) is 25.7 Å². The molecular formula is C12H19N3O2S. The van der Waals surface area contributed by atoms with Gasteiger partial charge in [0.1, 0.15) is 10.7 Å².